The number of non-ortho nitro benzene ring substituents is 1. The van der Waals surface area contributed by atoms with E-state index in [0.29, 0.717) is 11.6 Å². The first-order valence-corrected chi connectivity index (χ1v) is 8.34. The molecule has 25 heavy (non-hydrogen) atoms. The predicted molar refractivity (Wildman–Crippen MR) is 101 cm³/mol. The number of halogens is 2. The molecule has 0 spiro atoms. The van der Waals surface area contributed by atoms with Crippen LogP contribution >= 0.6 is 24.0 Å². The summed E-state index contributed by atoms with van der Waals surface area (Å²) < 4.78 is 0. The van der Waals surface area contributed by atoms with E-state index in [1.54, 1.807) is 24.3 Å². The smallest absolute Gasteiger partial charge is 0.269 e. The molecule has 2 aromatic carbocycles. The highest BCUT2D eigenvalue weighted by Gasteiger charge is 2.21. The average Bonchev–Trinajstić information content (AvgIpc) is 2.58. The molecular weight excluding hydrogens is 363 g/mol. The molecule has 134 valence electrons. The minimum absolute atomic E-state index is 0. The molecule has 0 aromatic heterocycles. The van der Waals surface area contributed by atoms with Crippen molar-refractivity contribution in [3.05, 3.63) is 74.3 Å². The van der Waals surface area contributed by atoms with Crippen molar-refractivity contribution in [2.75, 3.05) is 6.54 Å². The summed E-state index contributed by atoms with van der Waals surface area (Å²) in [5, 5.41) is 25.2. The summed E-state index contributed by atoms with van der Waals surface area (Å²) in [5.41, 5.74) is 3.11. The van der Waals surface area contributed by atoms with Crippen LogP contribution in [-0.4, -0.2) is 22.6 Å². The van der Waals surface area contributed by atoms with E-state index in [9.17, 15) is 15.2 Å². The van der Waals surface area contributed by atoms with Gasteiger partial charge in [-0.25, -0.2) is 0 Å². The zero-order valence-corrected chi connectivity index (χ0v) is 15.1. The third-order valence-electron chi connectivity index (χ3n) is 4.46. The van der Waals surface area contributed by atoms with Crippen LogP contribution in [-0.2, 0) is 12.8 Å². The van der Waals surface area contributed by atoms with Gasteiger partial charge in [0.2, 0.25) is 0 Å². The minimum Gasteiger partial charge on any atom is -0.387 e. The molecule has 0 radical (unpaired) electrons. The number of hydrogen-bond donors (Lipinski definition) is 2. The Hall–Kier alpha value is -1.66. The highest BCUT2D eigenvalue weighted by atomic mass is 35.5. The molecule has 0 saturated carbocycles. The normalized spacial score (nSPS) is 17.3. The van der Waals surface area contributed by atoms with Gasteiger partial charge in [0.05, 0.1) is 11.0 Å². The Morgan fingerprint density at radius 3 is 2.80 bits per heavy atom. The van der Waals surface area contributed by atoms with Crippen LogP contribution in [0.2, 0.25) is 5.02 Å². The second-order valence-corrected chi connectivity index (χ2v) is 6.57. The Balaban J connectivity index is 0.00000225. The van der Waals surface area contributed by atoms with E-state index in [4.69, 9.17) is 11.6 Å². The maximum atomic E-state index is 10.9. The second kappa shape index (κ2) is 8.63. The van der Waals surface area contributed by atoms with Crippen molar-refractivity contribution >= 4 is 29.7 Å². The van der Waals surface area contributed by atoms with E-state index < -0.39 is 6.10 Å². The van der Waals surface area contributed by atoms with E-state index in [1.165, 1.54) is 5.56 Å². The highest BCUT2D eigenvalue weighted by Crippen LogP contribution is 2.26. The highest BCUT2D eigenvalue weighted by molar-refractivity contribution is 6.30. The number of benzene rings is 2. The fourth-order valence-electron chi connectivity index (χ4n) is 3.14. The zero-order chi connectivity index (χ0) is 17.1. The largest absolute Gasteiger partial charge is 0.387 e. The van der Waals surface area contributed by atoms with Crippen LogP contribution in [0.1, 0.15) is 29.2 Å². The van der Waals surface area contributed by atoms with Gasteiger partial charge in [0.25, 0.3) is 5.69 Å². The zero-order valence-electron chi connectivity index (χ0n) is 13.5. The fourth-order valence-corrected chi connectivity index (χ4v) is 3.34. The Morgan fingerprint density at radius 1 is 1.28 bits per heavy atom. The SMILES string of the molecule is Cl.O=[N+]([O-])c1ccc2c(c1)CC(NCC(O)c1cccc(Cl)c1)CC2. The van der Waals surface area contributed by atoms with E-state index in [0.717, 1.165) is 30.4 Å². The Labute approximate surface area is 157 Å². The quantitative estimate of drug-likeness (QED) is 0.608. The maximum absolute atomic E-state index is 10.9. The van der Waals surface area contributed by atoms with Gasteiger partial charge in [-0.1, -0.05) is 29.8 Å². The number of fused-ring (bicyclic) bond motifs is 1. The summed E-state index contributed by atoms with van der Waals surface area (Å²) in [6, 6.07) is 12.5. The van der Waals surface area contributed by atoms with Crippen molar-refractivity contribution in [2.24, 2.45) is 0 Å². The number of nitro groups is 1. The van der Waals surface area contributed by atoms with Crippen LogP contribution in [0, 0.1) is 10.1 Å². The molecule has 0 aliphatic heterocycles. The van der Waals surface area contributed by atoms with Crippen molar-refractivity contribution in [2.45, 2.75) is 31.4 Å². The van der Waals surface area contributed by atoms with Gasteiger partial charge in [0.1, 0.15) is 0 Å². The summed E-state index contributed by atoms with van der Waals surface area (Å²) >= 11 is 5.95. The molecule has 0 heterocycles. The van der Waals surface area contributed by atoms with Crippen LogP contribution in [0.15, 0.2) is 42.5 Å². The standard InChI is InChI=1S/C18H19ClN2O3.ClH/c19-15-3-1-2-13(8-15)18(22)11-20-16-6-4-12-5-7-17(21(23)24)10-14(12)9-16;/h1-3,5,7-8,10,16,18,20,22H,4,6,9,11H2;1H. The van der Waals surface area contributed by atoms with E-state index in [-0.39, 0.29) is 29.1 Å². The van der Waals surface area contributed by atoms with Gasteiger partial charge in [-0.05, 0) is 48.1 Å². The van der Waals surface area contributed by atoms with Crippen molar-refractivity contribution < 1.29 is 10.0 Å². The van der Waals surface area contributed by atoms with E-state index in [1.807, 2.05) is 18.2 Å². The minimum atomic E-state index is -0.629. The molecular formula is C18H20Cl2N2O3. The second-order valence-electron chi connectivity index (χ2n) is 6.13. The lowest BCUT2D eigenvalue weighted by atomic mass is 9.88. The van der Waals surface area contributed by atoms with Crippen LogP contribution in [0.25, 0.3) is 0 Å². The van der Waals surface area contributed by atoms with Crippen molar-refractivity contribution in [3.63, 3.8) is 0 Å². The Kier molecular flexibility index (Phi) is 6.79. The number of rotatable bonds is 5. The van der Waals surface area contributed by atoms with Crippen LogP contribution in [0.4, 0.5) is 5.69 Å². The molecule has 1 aliphatic carbocycles. The number of aryl methyl sites for hydroxylation is 1. The lowest BCUT2D eigenvalue weighted by molar-refractivity contribution is -0.384. The Morgan fingerprint density at radius 2 is 2.08 bits per heavy atom. The summed E-state index contributed by atoms with van der Waals surface area (Å²) in [4.78, 5) is 10.6. The summed E-state index contributed by atoms with van der Waals surface area (Å²) in [6.07, 6.45) is 1.94. The van der Waals surface area contributed by atoms with Gasteiger partial charge >= 0.3 is 0 Å². The molecule has 2 atom stereocenters. The first-order chi connectivity index (χ1) is 11.5. The van der Waals surface area contributed by atoms with Gasteiger partial charge in [0, 0.05) is 29.7 Å². The molecule has 2 N–H and O–H groups in total. The monoisotopic (exact) mass is 382 g/mol. The van der Waals surface area contributed by atoms with Gasteiger partial charge < -0.3 is 10.4 Å². The topological polar surface area (TPSA) is 75.4 Å². The third kappa shape index (κ3) is 4.92. The molecule has 0 amide bonds. The molecule has 2 unspecified atom stereocenters. The lowest BCUT2D eigenvalue weighted by Gasteiger charge is -2.26. The number of nitrogens with zero attached hydrogens (tertiary/aromatic N) is 1. The molecule has 1 aliphatic rings. The predicted octanol–water partition coefficient (Wildman–Crippen LogP) is 3.85. The molecule has 0 fully saturated rings. The Bertz CT molecular complexity index is 755. The van der Waals surface area contributed by atoms with Gasteiger partial charge in [0.15, 0.2) is 0 Å². The van der Waals surface area contributed by atoms with Gasteiger partial charge in [-0.15, -0.1) is 12.4 Å². The van der Waals surface area contributed by atoms with Crippen molar-refractivity contribution in [3.8, 4) is 0 Å². The first kappa shape index (κ1) is 19.7. The molecule has 5 nitrogen and oxygen atoms in total. The van der Waals surface area contributed by atoms with Gasteiger partial charge in [-0.3, -0.25) is 10.1 Å². The van der Waals surface area contributed by atoms with Crippen molar-refractivity contribution in [1.82, 2.24) is 5.32 Å². The van der Waals surface area contributed by atoms with Crippen LogP contribution in [0.5, 0.6) is 0 Å². The lowest BCUT2D eigenvalue weighted by Crippen LogP contribution is -2.37. The fraction of sp³-hybridized carbons (Fsp3) is 0.333. The summed E-state index contributed by atoms with van der Waals surface area (Å²) in [5.74, 6) is 0. The average molecular weight is 383 g/mol. The molecule has 7 heteroatoms. The van der Waals surface area contributed by atoms with Gasteiger partial charge in [-0.2, -0.15) is 0 Å². The van der Waals surface area contributed by atoms with Crippen LogP contribution < -0.4 is 5.32 Å². The van der Waals surface area contributed by atoms with Crippen molar-refractivity contribution in [1.29, 1.82) is 0 Å². The summed E-state index contributed by atoms with van der Waals surface area (Å²) in [6.45, 7) is 0.426. The molecule has 2 aromatic rings. The number of hydrogen-bond acceptors (Lipinski definition) is 4. The van der Waals surface area contributed by atoms with E-state index in [2.05, 4.69) is 5.32 Å². The third-order valence-corrected chi connectivity index (χ3v) is 4.70. The number of nitrogens with one attached hydrogen (secondary N) is 1. The number of aliphatic hydroxyl groups is 1. The first-order valence-electron chi connectivity index (χ1n) is 7.96. The van der Waals surface area contributed by atoms with Crippen LogP contribution in [0.3, 0.4) is 0 Å². The summed E-state index contributed by atoms with van der Waals surface area (Å²) in [7, 11) is 0. The number of nitro benzene ring substituents is 1. The molecule has 0 bridgehead atoms. The molecule has 0 saturated heterocycles. The number of aliphatic hydroxyl groups excluding tert-OH is 1. The maximum Gasteiger partial charge on any atom is 0.269 e. The molecule has 3 rings (SSSR count). The van der Waals surface area contributed by atoms with E-state index >= 15 is 0 Å².